The summed E-state index contributed by atoms with van der Waals surface area (Å²) < 4.78 is 10.7. The highest BCUT2D eigenvalue weighted by Crippen LogP contribution is 2.52. The van der Waals surface area contributed by atoms with Gasteiger partial charge < -0.3 is 14.8 Å². The minimum atomic E-state index is -1.88. The van der Waals surface area contributed by atoms with Gasteiger partial charge in [0.15, 0.2) is 5.11 Å². The SMILES string of the molecule is CCC(=O)NCCCN1/C(=C/C=C/C=C2C(=O)NC(=S)NC2=O)C(C)(C)c2cc(S(C)(C)O)ccc21. The molecule has 1 saturated heterocycles. The largest absolute Gasteiger partial charge is 0.356 e. The van der Waals surface area contributed by atoms with Gasteiger partial charge >= 0.3 is 0 Å². The maximum atomic E-state index is 12.1. The van der Waals surface area contributed by atoms with Crippen molar-refractivity contribution in [2.75, 3.05) is 30.5 Å². The molecule has 2 heterocycles. The van der Waals surface area contributed by atoms with Gasteiger partial charge in [0.2, 0.25) is 5.91 Å². The van der Waals surface area contributed by atoms with Gasteiger partial charge in [0.25, 0.3) is 11.8 Å². The summed E-state index contributed by atoms with van der Waals surface area (Å²) in [6.45, 7) is 7.36. The molecule has 0 aliphatic carbocycles. The molecule has 1 aromatic carbocycles. The first-order valence-electron chi connectivity index (χ1n) is 11.8. The van der Waals surface area contributed by atoms with E-state index < -0.39 is 22.1 Å². The number of carbonyl (C=O) groups is 3. The first kappa shape index (κ1) is 27.6. The smallest absolute Gasteiger partial charge is 0.263 e. The van der Waals surface area contributed by atoms with Crippen LogP contribution in [0.4, 0.5) is 5.69 Å². The van der Waals surface area contributed by atoms with Crippen LogP contribution in [0.25, 0.3) is 0 Å². The first-order chi connectivity index (χ1) is 16.9. The number of hydrogen-bond donors (Lipinski definition) is 4. The molecule has 0 radical (unpaired) electrons. The van der Waals surface area contributed by atoms with Crippen LogP contribution in [0, 0.1) is 0 Å². The third-order valence-electron chi connectivity index (χ3n) is 6.21. The second-order valence-electron chi connectivity index (χ2n) is 9.54. The lowest BCUT2D eigenvalue weighted by atomic mass is 9.83. The second-order valence-corrected chi connectivity index (χ2v) is 13.0. The lowest BCUT2D eigenvalue weighted by molar-refractivity contribution is -0.123. The van der Waals surface area contributed by atoms with E-state index >= 15 is 0 Å². The molecule has 8 nitrogen and oxygen atoms in total. The molecule has 0 unspecified atom stereocenters. The fourth-order valence-corrected chi connectivity index (χ4v) is 5.21. The van der Waals surface area contributed by atoms with Crippen LogP contribution in [-0.2, 0) is 19.8 Å². The van der Waals surface area contributed by atoms with Crippen molar-refractivity contribution < 1.29 is 18.9 Å². The van der Waals surface area contributed by atoms with Crippen LogP contribution >= 0.6 is 22.5 Å². The number of allylic oxidation sites excluding steroid dienone is 5. The van der Waals surface area contributed by atoms with Gasteiger partial charge in [0.1, 0.15) is 5.57 Å². The summed E-state index contributed by atoms with van der Waals surface area (Å²) in [6.07, 6.45) is 11.8. The number of nitrogens with zero attached hydrogens (tertiary/aromatic N) is 1. The lowest BCUT2D eigenvalue weighted by Gasteiger charge is -2.27. The zero-order valence-corrected chi connectivity index (χ0v) is 22.9. The molecule has 2 aliphatic rings. The van der Waals surface area contributed by atoms with Crippen molar-refractivity contribution >= 4 is 51.0 Å². The number of nitrogens with one attached hydrogen (secondary N) is 3. The van der Waals surface area contributed by atoms with E-state index in [-0.39, 0.29) is 22.0 Å². The van der Waals surface area contributed by atoms with Crippen molar-refractivity contribution in [3.8, 4) is 0 Å². The van der Waals surface area contributed by atoms with Gasteiger partial charge in [-0.2, -0.15) is 0 Å². The van der Waals surface area contributed by atoms with E-state index in [9.17, 15) is 18.9 Å². The standard InChI is InChI=1S/C26H34N4O4S2/c1-6-22(31)27-14-9-15-30-20-13-12-17(36(4,5)34)16-19(20)26(2,3)21(30)11-8-7-10-18-23(32)28-25(35)29-24(18)33/h7-8,10-13,16,34H,6,9,14-15H2,1-5H3,(H,27,31)(H2,28,29,32,33,35)/b8-7+,21-11+. The molecule has 10 heteroatoms. The number of amides is 3. The van der Waals surface area contributed by atoms with Gasteiger partial charge in [-0.1, -0.05) is 32.9 Å². The highest BCUT2D eigenvalue weighted by atomic mass is 32.3. The quantitative estimate of drug-likeness (QED) is 0.177. The zero-order chi connectivity index (χ0) is 26.7. The Morgan fingerprint density at radius 2 is 1.81 bits per heavy atom. The van der Waals surface area contributed by atoms with Crippen molar-refractivity contribution in [3.63, 3.8) is 0 Å². The normalized spacial score (nSPS) is 18.8. The maximum Gasteiger partial charge on any atom is 0.263 e. The maximum absolute atomic E-state index is 12.1. The lowest BCUT2D eigenvalue weighted by Crippen LogP contribution is -2.51. The number of thiocarbonyl (C=S) groups is 1. The molecule has 0 spiro atoms. The molecular formula is C26H34N4O4S2. The Morgan fingerprint density at radius 1 is 1.17 bits per heavy atom. The summed E-state index contributed by atoms with van der Waals surface area (Å²) >= 11 is 4.83. The van der Waals surface area contributed by atoms with Crippen molar-refractivity contribution in [2.24, 2.45) is 0 Å². The third kappa shape index (κ3) is 6.05. The van der Waals surface area contributed by atoms with Gasteiger partial charge in [0.05, 0.1) is 0 Å². The molecule has 1 fully saturated rings. The number of anilines is 1. The molecule has 2 aliphatic heterocycles. The van der Waals surface area contributed by atoms with E-state index in [1.807, 2.05) is 37.6 Å². The number of benzene rings is 1. The van der Waals surface area contributed by atoms with Gasteiger partial charge in [0, 0.05) is 41.2 Å². The highest BCUT2D eigenvalue weighted by Gasteiger charge is 2.40. The molecule has 194 valence electrons. The summed E-state index contributed by atoms with van der Waals surface area (Å²) in [7, 11) is -1.88. The van der Waals surface area contributed by atoms with Crippen molar-refractivity contribution in [3.05, 3.63) is 59.3 Å². The average molecular weight is 531 g/mol. The summed E-state index contributed by atoms with van der Waals surface area (Å²) in [5, 5.41) is 7.76. The fourth-order valence-electron chi connectivity index (χ4n) is 4.22. The van der Waals surface area contributed by atoms with Crippen LogP contribution in [0.3, 0.4) is 0 Å². The molecule has 3 amide bonds. The molecule has 3 rings (SSSR count). The van der Waals surface area contributed by atoms with E-state index in [2.05, 4.69) is 40.8 Å². The van der Waals surface area contributed by atoms with Crippen molar-refractivity contribution in [2.45, 2.75) is 43.9 Å². The average Bonchev–Trinajstić information content (AvgIpc) is 3.00. The van der Waals surface area contributed by atoms with Gasteiger partial charge in [-0.15, -0.1) is 10.3 Å². The third-order valence-corrected chi connectivity index (χ3v) is 7.83. The second kappa shape index (κ2) is 11.0. The molecule has 1 aromatic rings. The van der Waals surface area contributed by atoms with Crippen LogP contribution in [0.2, 0.25) is 0 Å². The van der Waals surface area contributed by atoms with Crippen LogP contribution in [-0.4, -0.2) is 53.0 Å². The van der Waals surface area contributed by atoms with Gasteiger partial charge in [-0.25, -0.2) is 0 Å². The minimum Gasteiger partial charge on any atom is -0.356 e. The molecule has 0 aromatic heterocycles. The number of carbonyl (C=O) groups excluding carboxylic acids is 3. The topological polar surface area (TPSA) is 111 Å². The fraction of sp³-hybridized carbons (Fsp3) is 0.385. The van der Waals surface area contributed by atoms with E-state index in [1.54, 1.807) is 12.2 Å². The van der Waals surface area contributed by atoms with Crippen LogP contribution in [0.5, 0.6) is 0 Å². The van der Waals surface area contributed by atoms with Crippen LogP contribution < -0.4 is 20.9 Å². The Labute approximate surface area is 219 Å². The summed E-state index contributed by atoms with van der Waals surface area (Å²) in [5.74, 6) is -1.04. The molecule has 36 heavy (non-hydrogen) atoms. The van der Waals surface area contributed by atoms with E-state index in [0.29, 0.717) is 19.5 Å². The molecule has 0 atom stereocenters. The van der Waals surface area contributed by atoms with Crippen LogP contribution in [0.1, 0.15) is 39.2 Å². The molecular weight excluding hydrogens is 496 g/mol. The predicted molar refractivity (Wildman–Crippen MR) is 149 cm³/mol. The number of hydrogen-bond acceptors (Lipinski definition) is 6. The zero-order valence-electron chi connectivity index (χ0n) is 21.3. The first-order valence-corrected chi connectivity index (χ1v) is 14.6. The summed E-state index contributed by atoms with van der Waals surface area (Å²) in [5.41, 5.74) is 2.84. The van der Waals surface area contributed by atoms with E-state index in [1.165, 1.54) is 6.08 Å². The Morgan fingerprint density at radius 3 is 2.42 bits per heavy atom. The van der Waals surface area contributed by atoms with E-state index in [0.717, 1.165) is 28.3 Å². The molecule has 0 saturated carbocycles. The summed E-state index contributed by atoms with van der Waals surface area (Å²) in [6, 6.07) is 6.11. The molecule has 0 bridgehead atoms. The minimum absolute atomic E-state index is 0.00301. The van der Waals surface area contributed by atoms with Gasteiger partial charge in [-0.05, 0) is 67.1 Å². The predicted octanol–water partition coefficient (Wildman–Crippen LogP) is 3.49. The highest BCUT2D eigenvalue weighted by molar-refractivity contribution is 8.28. The summed E-state index contributed by atoms with van der Waals surface area (Å²) in [4.78, 5) is 38.9. The number of rotatable bonds is 8. The Balaban J connectivity index is 1.92. The van der Waals surface area contributed by atoms with Crippen LogP contribution in [0.15, 0.2) is 58.7 Å². The molecule has 4 N–H and O–H groups in total. The monoisotopic (exact) mass is 530 g/mol. The number of fused-ring (bicyclic) bond motifs is 1. The Kier molecular flexibility index (Phi) is 8.43. The van der Waals surface area contributed by atoms with Crippen molar-refractivity contribution in [1.29, 1.82) is 0 Å². The Hall–Kier alpha value is -2.95. The van der Waals surface area contributed by atoms with Crippen molar-refractivity contribution in [1.82, 2.24) is 16.0 Å². The Bertz CT molecular complexity index is 1160. The van der Waals surface area contributed by atoms with E-state index in [4.69, 9.17) is 12.2 Å². The van der Waals surface area contributed by atoms with Gasteiger partial charge in [-0.3, -0.25) is 25.0 Å².